The average molecular weight is 794 g/mol. The SMILES string of the molecule is CC1(C)c2ccccc2-c2ccc(N(c3ccc(-c4ccccc4)cc3)c3cc(-c4cc5ccccc5c5ccccc45)c4oc5ccc6oc7ccccc7c6c5c4c3)cc21. The highest BCUT2D eigenvalue weighted by molar-refractivity contribution is 6.28. The van der Waals surface area contributed by atoms with Gasteiger partial charge in [-0.25, -0.2) is 0 Å². The minimum Gasteiger partial charge on any atom is -0.456 e. The van der Waals surface area contributed by atoms with Crippen LogP contribution in [0.4, 0.5) is 17.1 Å². The molecule has 0 saturated heterocycles. The molecular weight excluding hydrogens is 755 g/mol. The normalized spacial score (nSPS) is 13.1. The quantitative estimate of drug-likeness (QED) is 0.163. The molecule has 0 bridgehead atoms. The molecule has 292 valence electrons. The zero-order valence-corrected chi connectivity index (χ0v) is 34.3. The first-order valence-electron chi connectivity index (χ1n) is 21.4. The molecule has 62 heavy (non-hydrogen) atoms. The predicted octanol–water partition coefficient (Wildman–Crippen LogP) is 16.9. The van der Waals surface area contributed by atoms with Crippen LogP contribution in [0.2, 0.25) is 0 Å². The summed E-state index contributed by atoms with van der Waals surface area (Å²) in [6.07, 6.45) is 0. The van der Waals surface area contributed by atoms with E-state index in [2.05, 4.69) is 213 Å². The molecule has 0 spiro atoms. The minimum absolute atomic E-state index is 0.168. The highest BCUT2D eigenvalue weighted by Crippen LogP contribution is 2.52. The van der Waals surface area contributed by atoms with Crippen molar-refractivity contribution in [2.75, 3.05) is 4.90 Å². The van der Waals surface area contributed by atoms with Crippen LogP contribution in [0.15, 0.2) is 209 Å². The second-order valence-corrected chi connectivity index (χ2v) is 17.2. The van der Waals surface area contributed by atoms with Crippen molar-refractivity contribution in [1.82, 2.24) is 0 Å². The van der Waals surface area contributed by atoms with Crippen LogP contribution in [0.25, 0.3) is 98.8 Å². The highest BCUT2D eigenvalue weighted by atomic mass is 16.3. The number of hydrogen-bond acceptors (Lipinski definition) is 3. The average Bonchev–Trinajstić information content (AvgIpc) is 3.96. The monoisotopic (exact) mass is 793 g/mol. The number of fused-ring (bicyclic) bond motifs is 13. The molecule has 1 aliphatic carbocycles. The van der Waals surface area contributed by atoms with Gasteiger partial charge in [0.25, 0.3) is 0 Å². The number of rotatable bonds is 5. The summed E-state index contributed by atoms with van der Waals surface area (Å²) in [5, 5.41) is 9.06. The van der Waals surface area contributed by atoms with Crippen molar-refractivity contribution < 1.29 is 8.83 Å². The maximum absolute atomic E-state index is 7.10. The Bertz CT molecular complexity index is 3780. The Balaban J connectivity index is 1.14. The lowest BCUT2D eigenvalue weighted by Crippen LogP contribution is -2.16. The summed E-state index contributed by atoms with van der Waals surface area (Å²) in [6.45, 7) is 4.71. The molecule has 3 heteroatoms. The third-order valence-electron chi connectivity index (χ3n) is 13.4. The van der Waals surface area contributed by atoms with E-state index in [0.717, 1.165) is 72.1 Å². The fourth-order valence-corrected chi connectivity index (χ4v) is 10.5. The molecule has 0 unspecified atom stereocenters. The summed E-state index contributed by atoms with van der Waals surface area (Å²) >= 11 is 0. The van der Waals surface area contributed by atoms with Crippen molar-refractivity contribution in [3.63, 3.8) is 0 Å². The van der Waals surface area contributed by atoms with Crippen molar-refractivity contribution >= 4 is 82.5 Å². The van der Waals surface area contributed by atoms with E-state index in [-0.39, 0.29) is 5.41 Å². The number of furan rings is 2. The van der Waals surface area contributed by atoms with Gasteiger partial charge >= 0.3 is 0 Å². The fraction of sp³-hybridized carbons (Fsp3) is 0.0508. The van der Waals surface area contributed by atoms with Gasteiger partial charge in [-0.1, -0.05) is 153 Å². The van der Waals surface area contributed by atoms with Crippen LogP contribution in [0.1, 0.15) is 25.0 Å². The predicted molar refractivity (Wildman–Crippen MR) is 259 cm³/mol. The number of hydrogen-bond donors (Lipinski definition) is 0. The molecule has 0 radical (unpaired) electrons. The lowest BCUT2D eigenvalue weighted by atomic mass is 9.82. The third-order valence-corrected chi connectivity index (χ3v) is 13.4. The van der Waals surface area contributed by atoms with Crippen LogP contribution < -0.4 is 4.90 Å². The van der Waals surface area contributed by atoms with Crippen LogP contribution >= 0.6 is 0 Å². The van der Waals surface area contributed by atoms with Gasteiger partial charge in [0.15, 0.2) is 0 Å². The van der Waals surface area contributed by atoms with Crippen LogP contribution in [-0.4, -0.2) is 0 Å². The van der Waals surface area contributed by atoms with E-state index in [1.54, 1.807) is 0 Å². The van der Waals surface area contributed by atoms with E-state index in [4.69, 9.17) is 8.83 Å². The molecule has 0 N–H and O–H groups in total. The van der Waals surface area contributed by atoms with E-state index in [1.807, 2.05) is 6.07 Å². The van der Waals surface area contributed by atoms with Crippen LogP contribution in [0.3, 0.4) is 0 Å². The minimum atomic E-state index is -0.168. The van der Waals surface area contributed by atoms with Crippen LogP contribution in [0, 0.1) is 0 Å². The zero-order valence-electron chi connectivity index (χ0n) is 34.3. The Hall–Kier alpha value is -7.88. The molecule has 12 aromatic rings. The molecule has 0 fully saturated rings. The molecule has 3 nitrogen and oxygen atoms in total. The topological polar surface area (TPSA) is 29.5 Å². The zero-order chi connectivity index (χ0) is 41.1. The maximum atomic E-state index is 7.10. The van der Waals surface area contributed by atoms with E-state index >= 15 is 0 Å². The van der Waals surface area contributed by atoms with Crippen LogP contribution in [0.5, 0.6) is 0 Å². The van der Waals surface area contributed by atoms with Crippen molar-refractivity contribution in [2.24, 2.45) is 0 Å². The highest BCUT2D eigenvalue weighted by Gasteiger charge is 2.36. The number of para-hydroxylation sites is 1. The molecule has 0 amide bonds. The molecule has 13 rings (SSSR count). The van der Waals surface area contributed by atoms with Crippen molar-refractivity contribution in [3.8, 4) is 33.4 Å². The molecule has 2 aromatic heterocycles. The first kappa shape index (κ1) is 34.9. The van der Waals surface area contributed by atoms with Gasteiger partial charge in [0.05, 0.1) is 0 Å². The Morgan fingerprint density at radius 3 is 1.82 bits per heavy atom. The Kier molecular flexibility index (Phi) is 7.36. The number of benzene rings is 10. The van der Waals surface area contributed by atoms with Gasteiger partial charge in [0.1, 0.15) is 22.3 Å². The summed E-state index contributed by atoms with van der Waals surface area (Å²) in [5.74, 6) is 0. The Morgan fingerprint density at radius 2 is 0.984 bits per heavy atom. The summed E-state index contributed by atoms with van der Waals surface area (Å²) in [7, 11) is 0. The van der Waals surface area contributed by atoms with Gasteiger partial charge in [0.2, 0.25) is 0 Å². The summed E-state index contributed by atoms with van der Waals surface area (Å²) in [6, 6.07) is 72.5. The van der Waals surface area contributed by atoms with Gasteiger partial charge in [0, 0.05) is 49.6 Å². The largest absolute Gasteiger partial charge is 0.456 e. The van der Waals surface area contributed by atoms with E-state index in [0.29, 0.717) is 0 Å². The van der Waals surface area contributed by atoms with Crippen LogP contribution in [-0.2, 0) is 5.41 Å². The summed E-state index contributed by atoms with van der Waals surface area (Å²) in [4.78, 5) is 2.44. The smallest absolute Gasteiger partial charge is 0.143 e. The van der Waals surface area contributed by atoms with Gasteiger partial charge in [-0.3, -0.25) is 0 Å². The second-order valence-electron chi connectivity index (χ2n) is 17.2. The lowest BCUT2D eigenvalue weighted by Gasteiger charge is -2.29. The van der Waals surface area contributed by atoms with E-state index in [1.165, 1.54) is 54.9 Å². The Morgan fingerprint density at radius 1 is 0.355 bits per heavy atom. The van der Waals surface area contributed by atoms with Gasteiger partial charge < -0.3 is 13.7 Å². The molecule has 0 saturated carbocycles. The molecule has 0 aliphatic heterocycles. The van der Waals surface area contributed by atoms with E-state index in [9.17, 15) is 0 Å². The maximum Gasteiger partial charge on any atom is 0.143 e. The molecule has 1 aliphatic rings. The first-order chi connectivity index (χ1) is 30.5. The van der Waals surface area contributed by atoms with Gasteiger partial charge in [-0.05, 0) is 121 Å². The first-order valence-corrected chi connectivity index (χ1v) is 21.4. The molecule has 0 atom stereocenters. The third kappa shape index (κ3) is 5.06. The van der Waals surface area contributed by atoms with E-state index < -0.39 is 0 Å². The number of anilines is 3. The Labute approximate surface area is 358 Å². The summed E-state index contributed by atoms with van der Waals surface area (Å²) < 4.78 is 13.6. The van der Waals surface area contributed by atoms with Crippen molar-refractivity contribution in [1.29, 1.82) is 0 Å². The van der Waals surface area contributed by atoms with Gasteiger partial charge in [-0.15, -0.1) is 0 Å². The molecular formula is C59H39NO2. The standard InChI is InChI=1S/C59H39NO2/c1-59(2)51-22-12-10-20-45(51)46-29-28-40(35-52(46)59)60(39-26-24-37(25-27-39)36-14-4-3-5-15-36)41-33-49(48-32-38-16-6-7-17-42(38)43-18-8-9-19-44(43)48)58-50(34-41)57-55(62-58)31-30-54-56(57)47-21-11-13-23-53(47)61-54/h3-35H,1-2H3. The summed E-state index contributed by atoms with van der Waals surface area (Å²) in [5.41, 5.74) is 16.2. The lowest BCUT2D eigenvalue weighted by molar-refractivity contribution is 0.660. The second kappa shape index (κ2) is 13.1. The van der Waals surface area contributed by atoms with Crippen molar-refractivity contribution in [3.05, 3.63) is 211 Å². The molecule has 10 aromatic carbocycles. The fourth-order valence-electron chi connectivity index (χ4n) is 10.5. The van der Waals surface area contributed by atoms with Crippen molar-refractivity contribution in [2.45, 2.75) is 19.3 Å². The van der Waals surface area contributed by atoms with Gasteiger partial charge in [-0.2, -0.15) is 0 Å². The number of nitrogens with zero attached hydrogens (tertiary/aromatic N) is 1. The molecule has 2 heterocycles.